The fourth-order valence-corrected chi connectivity index (χ4v) is 8.24. The Labute approximate surface area is 275 Å². The van der Waals surface area contributed by atoms with Gasteiger partial charge in [-0.3, -0.25) is 0 Å². The number of nitrogens with zero attached hydrogens (tertiary/aromatic N) is 1. The normalized spacial score (nSPS) is 11.8. The van der Waals surface area contributed by atoms with Crippen molar-refractivity contribution >= 4 is 92.1 Å². The van der Waals surface area contributed by atoms with Gasteiger partial charge < -0.3 is 9.32 Å². The quantitative estimate of drug-likeness (QED) is 0.195. The number of fused-ring (bicyclic) bond motifs is 9. The molecule has 0 unspecified atom stereocenters. The third-order valence-corrected chi connectivity index (χ3v) is 10.5. The van der Waals surface area contributed by atoms with Crippen LogP contribution in [0.15, 0.2) is 168 Å². The summed E-state index contributed by atoms with van der Waals surface area (Å²) in [5.41, 5.74) is 7.70. The minimum absolute atomic E-state index is 0.935. The molecule has 8 aromatic carbocycles. The Morgan fingerprint density at radius 2 is 1.04 bits per heavy atom. The van der Waals surface area contributed by atoms with Crippen LogP contribution in [0.25, 0.3) is 74.8 Å². The summed E-state index contributed by atoms with van der Waals surface area (Å²) < 4.78 is 9.10. The molecule has 0 fully saturated rings. The Morgan fingerprint density at radius 1 is 0.404 bits per heavy atom. The molecule has 47 heavy (non-hydrogen) atoms. The van der Waals surface area contributed by atoms with E-state index in [1.165, 1.54) is 63.6 Å². The Morgan fingerprint density at radius 3 is 1.85 bits per heavy atom. The molecule has 10 aromatic rings. The smallest absolute Gasteiger partial charge is 0.144 e. The second kappa shape index (κ2) is 10.3. The number of furan rings is 1. The molecule has 0 saturated carbocycles. The number of rotatable bonds is 4. The van der Waals surface area contributed by atoms with E-state index in [0.29, 0.717) is 0 Å². The van der Waals surface area contributed by atoms with E-state index in [4.69, 9.17) is 4.42 Å². The summed E-state index contributed by atoms with van der Waals surface area (Å²) >= 11 is 1.83. The van der Waals surface area contributed by atoms with Gasteiger partial charge in [0.05, 0.1) is 0 Å². The van der Waals surface area contributed by atoms with Crippen LogP contribution in [-0.4, -0.2) is 0 Å². The highest BCUT2D eigenvalue weighted by atomic mass is 32.1. The standard InChI is InChI=1S/C44H27NOS/c1-2-12-34(13-3-1)45(35-18-16-29(17-19-35)33-15-14-28-8-4-5-9-30(28)24-33)36-20-21-38-42(27-36)47-41-23-22-37-39-25-31-10-6-7-11-32(31)26-40(39)46-44(37)43(38)41/h1-27H. The largest absolute Gasteiger partial charge is 0.455 e. The van der Waals surface area contributed by atoms with E-state index in [1.54, 1.807) is 0 Å². The minimum atomic E-state index is 0.935. The van der Waals surface area contributed by atoms with Crippen LogP contribution in [0, 0.1) is 0 Å². The summed E-state index contributed by atoms with van der Waals surface area (Å²) in [6.45, 7) is 0. The first kappa shape index (κ1) is 26.3. The Balaban J connectivity index is 1.10. The van der Waals surface area contributed by atoms with Crippen molar-refractivity contribution in [3.8, 4) is 11.1 Å². The molecule has 0 N–H and O–H groups in total. The van der Waals surface area contributed by atoms with Crippen LogP contribution in [0.4, 0.5) is 17.1 Å². The molecular formula is C44H27NOS. The third-order valence-electron chi connectivity index (χ3n) is 9.40. The van der Waals surface area contributed by atoms with Crippen LogP contribution >= 0.6 is 11.3 Å². The van der Waals surface area contributed by atoms with Crippen LogP contribution in [0.5, 0.6) is 0 Å². The van der Waals surface area contributed by atoms with Gasteiger partial charge in [0.25, 0.3) is 0 Å². The maximum absolute atomic E-state index is 6.62. The molecule has 0 aliphatic carbocycles. The monoisotopic (exact) mass is 617 g/mol. The molecule has 0 spiro atoms. The van der Waals surface area contributed by atoms with E-state index in [2.05, 4.69) is 169 Å². The van der Waals surface area contributed by atoms with Crippen LogP contribution in [0.3, 0.4) is 0 Å². The van der Waals surface area contributed by atoms with E-state index in [9.17, 15) is 0 Å². The highest BCUT2D eigenvalue weighted by Gasteiger charge is 2.18. The summed E-state index contributed by atoms with van der Waals surface area (Å²) in [5, 5.41) is 9.69. The minimum Gasteiger partial charge on any atom is -0.455 e. The molecule has 0 atom stereocenters. The molecule has 0 aliphatic rings. The van der Waals surface area contributed by atoms with Crippen LogP contribution in [0.2, 0.25) is 0 Å². The van der Waals surface area contributed by atoms with Crippen molar-refractivity contribution in [2.45, 2.75) is 0 Å². The van der Waals surface area contributed by atoms with Crippen molar-refractivity contribution < 1.29 is 4.42 Å². The average molecular weight is 618 g/mol. The molecule has 0 aliphatic heterocycles. The zero-order valence-corrected chi connectivity index (χ0v) is 26.2. The molecule has 10 rings (SSSR count). The second-order valence-electron chi connectivity index (χ2n) is 12.2. The predicted molar refractivity (Wildman–Crippen MR) is 202 cm³/mol. The van der Waals surface area contributed by atoms with Crippen molar-refractivity contribution in [1.29, 1.82) is 0 Å². The molecule has 0 bridgehead atoms. The van der Waals surface area contributed by atoms with Crippen molar-refractivity contribution in [2.75, 3.05) is 4.90 Å². The van der Waals surface area contributed by atoms with Gasteiger partial charge in [0.1, 0.15) is 11.2 Å². The van der Waals surface area contributed by atoms with Gasteiger partial charge in [-0.15, -0.1) is 11.3 Å². The first-order valence-corrected chi connectivity index (χ1v) is 16.7. The maximum Gasteiger partial charge on any atom is 0.144 e. The van der Waals surface area contributed by atoms with Crippen LogP contribution in [0.1, 0.15) is 0 Å². The van der Waals surface area contributed by atoms with Crippen molar-refractivity contribution in [3.05, 3.63) is 164 Å². The van der Waals surface area contributed by atoms with Gasteiger partial charge in [-0.2, -0.15) is 0 Å². The van der Waals surface area contributed by atoms with E-state index in [0.717, 1.165) is 28.2 Å². The summed E-state index contributed by atoms with van der Waals surface area (Å²) in [6, 6.07) is 59.0. The molecule has 0 saturated heterocycles. The van der Waals surface area contributed by atoms with Gasteiger partial charge in [0.2, 0.25) is 0 Å². The van der Waals surface area contributed by atoms with E-state index < -0.39 is 0 Å². The molecule has 2 nitrogen and oxygen atoms in total. The zero-order chi connectivity index (χ0) is 30.9. The van der Waals surface area contributed by atoms with Crippen molar-refractivity contribution in [2.24, 2.45) is 0 Å². The molecule has 2 heterocycles. The number of anilines is 3. The molecule has 0 radical (unpaired) electrons. The first-order valence-electron chi connectivity index (χ1n) is 15.9. The zero-order valence-electron chi connectivity index (χ0n) is 25.4. The van der Waals surface area contributed by atoms with Gasteiger partial charge in [0.15, 0.2) is 0 Å². The number of benzene rings is 8. The van der Waals surface area contributed by atoms with Gasteiger partial charge in [-0.25, -0.2) is 0 Å². The summed E-state index contributed by atoms with van der Waals surface area (Å²) in [4.78, 5) is 2.34. The maximum atomic E-state index is 6.62. The Bertz CT molecular complexity index is 2790. The molecule has 2 aromatic heterocycles. The molecular weight excluding hydrogens is 591 g/mol. The fraction of sp³-hybridized carbons (Fsp3) is 0. The van der Waals surface area contributed by atoms with Crippen LogP contribution < -0.4 is 4.90 Å². The molecule has 3 heteroatoms. The lowest BCUT2D eigenvalue weighted by molar-refractivity contribution is 0.673. The van der Waals surface area contributed by atoms with Gasteiger partial charge in [-0.1, -0.05) is 97.1 Å². The van der Waals surface area contributed by atoms with Crippen molar-refractivity contribution in [1.82, 2.24) is 0 Å². The SMILES string of the molecule is c1ccc(N(c2ccc(-c3ccc4ccccc4c3)cc2)c2ccc3c(c2)sc2ccc4c5cc6ccccc6cc5oc4c23)cc1. The average Bonchev–Trinajstić information content (AvgIpc) is 3.68. The lowest BCUT2D eigenvalue weighted by atomic mass is 10.0. The number of hydrogen-bond donors (Lipinski definition) is 0. The van der Waals surface area contributed by atoms with E-state index >= 15 is 0 Å². The lowest BCUT2D eigenvalue weighted by Gasteiger charge is -2.25. The first-order chi connectivity index (χ1) is 23.3. The summed E-state index contributed by atoms with van der Waals surface area (Å²) in [6.07, 6.45) is 0. The second-order valence-corrected chi connectivity index (χ2v) is 13.3. The highest BCUT2D eigenvalue weighted by Crippen LogP contribution is 2.45. The predicted octanol–water partition coefficient (Wildman–Crippen LogP) is 13.4. The summed E-state index contributed by atoms with van der Waals surface area (Å²) in [5.74, 6) is 0. The van der Waals surface area contributed by atoms with E-state index in [-0.39, 0.29) is 0 Å². The summed E-state index contributed by atoms with van der Waals surface area (Å²) in [7, 11) is 0. The Kier molecular flexibility index (Phi) is 5.78. The fourth-order valence-electron chi connectivity index (χ4n) is 7.10. The number of hydrogen-bond acceptors (Lipinski definition) is 3. The molecule has 0 amide bonds. The van der Waals surface area contributed by atoms with E-state index in [1.807, 2.05) is 11.3 Å². The van der Waals surface area contributed by atoms with Crippen LogP contribution in [-0.2, 0) is 0 Å². The highest BCUT2D eigenvalue weighted by molar-refractivity contribution is 7.26. The topological polar surface area (TPSA) is 16.4 Å². The Hall–Kier alpha value is -5.90. The number of para-hydroxylation sites is 1. The third kappa shape index (κ3) is 4.25. The lowest BCUT2D eigenvalue weighted by Crippen LogP contribution is -2.09. The van der Waals surface area contributed by atoms with Crippen molar-refractivity contribution in [3.63, 3.8) is 0 Å². The van der Waals surface area contributed by atoms with Gasteiger partial charge in [0, 0.05) is 48.0 Å². The van der Waals surface area contributed by atoms with Gasteiger partial charge >= 0.3 is 0 Å². The molecule has 220 valence electrons. The number of thiophene rings is 1. The van der Waals surface area contributed by atoms with Gasteiger partial charge in [-0.05, 0) is 99.4 Å².